The highest BCUT2D eigenvalue weighted by atomic mass is 16.5. The lowest BCUT2D eigenvalue weighted by atomic mass is 9.98. The van der Waals surface area contributed by atoms with Gasteiger partial charge in [-0.05, 0) is 23.3 Å². The van der Waals surface area contributed by atoms with Gasteiger partial charge in [0.15, 0.2) is 0 Å². The fourth-order valence-corrected chi connectivity index (χ4v) is 2.86. The Morgan fingerprint density at radius 1 is 1.09 bits per heavy atom. The van der Waals surface area contributed by atoms with Crippen molar-refractivity contribution in [3.63, 3.8) is 0 Å². The number of fused-ring (bicyclic) bond motifs is 1. The van der Waals surface area contributed by atoms with Gasteiger partial charge in [-0.15, -0.1) is 0 Å². The minimum Gasteiger partial charge on any atom is -0.468 e. The molecule has 1 unspecified atom stereocenters. The number of aromatic amines is 1. The zero-order chi connectivity index (χ0) is 15.6. The Kier molecular flexibility index (Phi) is 3.31. The summed E-state index contributed by atoms with van der Waals surface area (Å²) in [4.78, 5) is 11.8. The quantitative estimate of drug-likeness (QED) is 0.628. The average Bonchev–Trinajstić information content (AvgIpc) is 3.25. The Labute approximate surface area is 133 Å². The first-order valence-corrected chi connectivity index (χ1v) is 7.41. The standard InChI is InChI=1S/C18H16N4O/c1-23-18-20-15-8-7-14(11-16(15)21-18)17(22-10-9-19-12-22)13-5-3-2-4-6-13/h2-12,17H,1H3,(H,20,21). The van der Waals surface area contributed by atoms with Crippen LogP contribution < -0.4 is 4.74 Å². The van der Waals surface area contributed by atoms with Crippen molar-refractivity contribution in [1.82, 2.24) is 19.5 Å². The average molecular weight is 304 g/mol. The Balaban J connectivity index is 1.86. The first-order valence-electron chi connectivity index (χ1n) is 7.41. The topological polar surface area (TPSA) is 55.7 Å². The molecule has 4 aromatic rings. The molecule has 0 saturated heterocycles. The van der Waals surface area contributed by atoms with E-state index >= 15 is 0 Å². The van der Waals surface area contributed by atoms with Crippen LogP contribution in [0.15, 0.2) is 67.3 Å². The molecule has 2 aromatic heterocycles. The second-order valence-corrected chi connectivity index (χ2v) is 5.35. The number of methoxy groups -OCH3 is 1. The number of H-pyrrole nitrogens is 1. The van der Waals surface area contributed by atoms with Gasteiger partial charge in [0.25, 0.3) is 6.01 Å². The summed E-state index contributed by atoms with van der Waals surface area (Å²) in [6.45, 7) is 0. The van der Waals surface area contributed by atoms with Crippen molar-refractivity contribution in [3.05, 3.63) is 78.4 Å². The molecule has 5 heteroatoms. The van der Waals surface area contributed by atoms with Gasteiger partial charge in [0.05, 0.1) is 30.5 Å². The minimum absolute atomic E-state index is 0.0609. The predicted molar refractivity (Wildman–Crippen MR) is 88.6 cm³/mol. The van der Waals surface area contributed by atoms with E-state index in [2.05, 4.69) is 55.9 Å². The molecule has 114 valence electrons. The second-order valence-electron chi connectivity index (χ2n) is 5.35. The summed E-state index contributed by atoms with van der Waals surface area (Å²) in [5.74, 6) is 0. The molecule has 2 heterocycles. The fraction of sp³-hybridized carbons (Fsp3) is 0.111. The van der Waals surface area contributed by atoms with E-state index in [1.54, 1.807) is 13.3 Å². The van der Waals surface area contributed by atoms with Gasteiger partial charge in [0, 0.05) is 12.4 Å². The molecule has 0 amide bonds. The molecule has 0 spiro atoms. The number of ether oxygens (including phenoxy) is 1. The number of aromatic nitrogens is 4. The molecule has 1 atom stereocenters. The van der Waals surface area contributed by atoms with Gasteiger partial charge in [0.2, 0.25) is 0 Å². The fourth-order valence-electron chi connectivity index (χ4n) is 2.86. The third kappa shape index (κ3) is 2.46. The summed E-state index contributed by atoms with van der Waals surface area (Å²) in [5.41, 5.74) is 4.20. The van der Waals surface area contributed by atoms with E-state index < -0.39 is 0 Å². The second kappa shape index (κ2) is 5.61. The van der Waals surface area contributed by atoms with Gasteiger partial charge in [-0.3, -0.25) is 0 Å². The molecule has 5 nitrogen and oxygen atoms in total. The summed E-state index contributed by atoms with van der Waals surface area (Å²) >= 11 is 0. The van der Waals surface area contributed by atoms with Gasteiger partial charge in [0.1, 0.15) is 0 Å². The van der Waals surface area contributed by atoms with Crippen molar-refractivity contribution < 1.29 is 4.74 Å². The zero-order valence-corrected chi connectivity index (χ0v) is 12.7. The Morgan fingerprint density at radius 2 is 1.96 bits per heavy atom. The van der Waals surface area contributed by atoms with Crippen LogP contribution in [-0.2, 0) is 0 Å². The highest BCUT2D eigenvalue weighted by molar-refractivity contribution is 5.76. The van der Waals surface area contributed by atoms with Crippen LogP contribution in [0.2, 0.25) is 0 Å². The lowest BCUT2D eigenvalue weighted by Crippen LogP contribution is -2.10. The maximum atomic E-state index is 5.17. The van der Waals surface area contributed by atoms with Crippen molar-refractivity contribution >= 4 is 11.0 Å². The molecular weight excluding hydrogens is 288 g/mol. The molecule has 0 saturated carbocycles. The van der Waals surface area contributed by atoms with Crippen molar-refractivity contribution in [1.29, 1.82) is 0 Å². The largest absolute Gasteiger partial charge is 0.468 e. The summed E-state index contributed by atoms with van der Waals surface area (Å²) in [7, 11) is 1.61. The lowest BCUT2D eigenvalue weighted by molar-refractivity contribution is 0.386. The smallest absolute Gasteiger partial charge is 0.294 e. The number of nitrogens with zero attached hydrogens (tertiary/aromatic N) is 3. The van der Waals surface area contributed by atoms with E-state index in [0.717, 1.165) is 16.6 Å². The van der Waals surface area contributed by atoms with Crippen molar-refractivity contribution in [2.24, 2.45) is 0 Å². The van der Waals surface area contributed by atoms with Gasteiger partial charge in [-0.2, -0.15) is 4.98 Å². The molecule has 23 heavy (non-hydrogen) atoms. The van der Waals surface area contributed by atoms with E-state index in [-0.39, 0.29) is 6.04 Å². The van der Waals surface area contributed by atoms with Crippen molar-refractivity contribution in [2.75, 3.05) is 7.11 Å². The maximum Gasteiger partial charge on any atom is 0.294 e. The van der Waals surface area contributed by atoms with Crippen LogP contribution in [0.3, 0.4) is 0 Å². The molecule has 2 aromatic carbocycles. The van der Waals surface area contributed by atoms with Gasteiger partial charge in [-0.25, -0.2) is 4.98 Å². The van der Waals surface area contributed by atoms with Crippen LogP contribution in [0.25, 0.3) is 11.0 Å². The number of imidazole rings is 2. The molecule has 0 bridgehead atoms. The van der Waals surface area contributed by atoms with Crippen LogP contribution >= 0.6 is 0 Å². The van der Waals surface area contributed by atoms with E-state index in [1.807, 2.05) is 24.7 Å². The summed E-state index contributed by atoms with van der Waals surface area (Å²) < 4.78 is 7.27. The van der Waals surface area contributed by atoms with Gasteiger partial charge >= 0.3 is 0 Å². The van der Waals surface area contributed by atoms with E-state index in [9.17, 15) is 0 Å². The van der Waals surface area contributed by atoms with Crippen LogP contribution in [0, 0.1) is 0 Å². The summed E-state index contributed by atoms with van der Waals surface area (Å²) in [6, 6.07) is 17.2. The highest BCUT2D eigenvalue weighted by Gasteiger charge is 2.17. The highest BCUT2D eigenvalue weighted by Crippen LogP contribution is 2.29. The first-order chi connectivity index (χ1) is 11.3. The Morgan fingerprint density at radius 3 is 2.70 bits per heavy atom. The van der Waals surface area contributed by atoms with Gasteiger partial charge < -0.3 is 14.3 Å². The third-order valence-corrected chi connectivity index (χ3v) is 3.93. The molecule has 1 N–H and O–H groups in total. The van der Waals surface area contributed by atoms with Crippen molar-refractivity contribution in [2.45, 2.75) is 6.04 Å². The molecular formula is C18H16N4O. The lowest BCUT2D eigenvalue weighted by Gasteiger charge is -2.19. The number of hydrogen-bond acceptors (Lipinski definition) is 3. The predicted octanol–water partition coefficient (Wildman–Crippen LogP) is 3.41. The first kappa shape index (κ1) is 13.6. The Bertz CT molecular complexity index is 913. The van der Waals surface area contributed by atoms with Crippen LogP contribution in [0.4, 0.5) is 0 Å². The van der Waals surface area contributed by atoms with Crippen LogP contribution in [-0.4, -0.2) is 26.6 Å². The third-order valence-electron chi connectivity index (χ3n) is 3.93. The van der Waals surface area contributed by atoms with E-state index in [1.165, 1.54) is 5.56 Å². The van der Waals surface area contributed by atoms with Gasteiger partial charge in [-0.1, -0.05) is 36.4 Å². The monoisotopic (exact) mass is 304 g/mol. The van der Waals surface area contributed by atoms with Crippen molar-refractivity contribution in [3.8, 4) is 6.01 Å². The molecule has 0 fully saturated rings. The van der Waals surface area contributed by atoms with Crippen LogP contribution in [0.1, 0.15) is 17.2 Å². The minimum atomic E-state index is 0.0609. The number of benzene rings is 2. The number of hydrogen-bond donors (Lipinski definition) is 1. The maximum absolute atomic E-state index is 5.17. The molecule has 0 radical (unpaired) electrons. The van der Waals surface area contributed by atoms with E-state index in [4.69, 9.17) is 4.74 Å². The molecule has 4 rings (SSSR count). The Hall–Kier alpha value is -3.08. The molecule has 0 aliphatic heterocycles. The van der Waals surface area contributed by atoms with Crippen LogP contribution in [0.5, 0.6) is 6.01 Å². The normalized spacial score (nSPS) is 12.4. The summed E-state index contributed by atoms with van der Waals surface area (Å²) in [5, 5.41) is 0. The zero-order valence-electron chi connectivity index (χ0n) is 12.7. The SMILES string of the molecule is COc1nc2cc(C(c3ccccc3)n3ccnc3)ccc2[nH]1. The molecule has 0 aliphatic carbocycles. The molecule has 0 aliphatic rings. The number of nitrogens with one attached hydrogen (secondary N) is 1. The number of rotatable bonds is 4. The summed E-state index contributed by atoms with van der Waals surface area (Å²) in [6.07, 6.45) is 5.62. The van der Waals surface area contributed by atoms with E-state index in [0.29, 0.717) is 6.01 Å².